The van der Waals surface area contributed by atoms with Crippen molar-refractivity contribution in [1.29, 1.82) is 0 Å². The molecule has 1 amide bonds. The number of benzene rings is 2. The summed E-state index contributed by atoms with van der Waals surface area (Å²) in [5.74, 6) is -0.0351. The second-order valence-electron chi connectivity index (χ2n) is 4.16. The molecule has 19 heavy (non-hydrogen) atoms. The van der Waals surface area contributed by atoms with E-state index in [-0.39, 0.29) is 5.91 Å². The number of hydrogen-bond acceptors (Lipinski definition) is 3. The number of nitrogens with two attached hydrogens (primary N) is 1. The van der Waals surface area contributed by atoms with Gasteiger partial charge in [-0.2, -0.15) is 0 Å². The molecular formula is C15H16N2OS. The van der Waals surface area contributed by atoms with Gasteiger partial charge >= 0.3 is 0 Å². The number of nitrogen functional groups attached to an aromatic ring is 1. The SMILES string of the molecule is CSc1ccccc1CC(=O)Nc1cccc(N)c1. The predicted molar refractivity (Wildman–Crippen MR) is 81.4 cm³/mol. The minimum absolute atomic E-state index is 0.0351. The van der Waals surface area contributed by atoms with Crippen LogP contribution in [0.4, 0.5) is 11.4 Å². The van der Waals surface area contributed by atoms with Crippen molar-refractivity contribution in [2.75, 3.05) is 17.3 Å². The summed E-state index contributed by atoms with van der Waals surface area (Å²) in [4.78, 5) is 13.1. The second-order valence-corrected chi connectivity index (χ2v) is 5.01. The fourth-order valence-corrected chi connectivity index (χ4v) is 2.46. The van der Waals surface area contributed by atoms with Gasteiger partial charge in [0.15, 0.2) is 0 Å². The Kier molecular flexibility index (Phi) is 4.47. The van der Waals surface area contributed by atoms with Crippen LogP contribution in [0.1, 0.15) is 5.56 Å². The van der Waals surface area contributed by atoms with Gasteiger partial charge < -0.3 is 11.1 Å². The van der Waals surface area contributed by atoms with Crippen LogP contribution >= 0.6 is 11.8 Å². The maximum Gasteiger partial charge on any atom is 0.228 e. The first-order chi connectivity index (χ1) is 9.19. The van der Waals surface area contributed by atoms with E-state index >= 15 is 0 Å². The van der Waals surface area contributed by atoms with Crippen molar-refractivity contribution in [3.05, 3.63) is 54.1 Å². The Labute approximate surface area is 117 Å². The Morgan fingerprint density at radius 3 is 2.74 bits per heavy atom. The molecule has 0 aliphatic carbocycles. The highest BCUT2D eigenvalue weighted by atomic mass is 32.2. The van der Waals surface area contributed by atoms with Crippen LogP contribution in [0, 0.1) is 0 Å². The summed E-state index contributed by atoms with van der Waals surface area (Å²) in [5, 5.41) is 2.85. The van der Waals surface area contributed by atoms with Crippen molar-refractivity contribution in [1.82, 2.24) is 0 Å². The first kappa shape index (κ1) is 13.5. The van der Waals surface area contributed by atoms with E-state index in [4.69, 9.17) is 5.73 Å². The molecule has 0 saturated heterocycles. The summed E-state index contributed by atoms with van der Waals surface area (Å²) < 4.78 is 0. The Hall–Kier alpha value is -1.94. The molecule has 0 fully saturated rings. The van der Waals surface area contributed by atoms with Crippen molar-refractivity contribution in [2.24, 2.45) is 0 Å². The van der Waals surface area contributed by atoms with Crippen LogP contribution in [-0.2, 0) is 11.2 Å². The zero-order valence-electron chi connectivity index (χ0n) is 10.7. The molecular weight excluding hydrogens is 256 g/mol. The fourth-order valence-electron chi connectivity index (χ4n) is 1.84. The minimum atomic E-state index is -0.0351. The van der Waals surface area contributed by atoms with Gasteiger partial charge in [-0.3, -0.25) is 4.79 Å². The molecule has 0 aliphatic heterocycles. The number of amides is 1. The average Bonchev–Trinajstić information content (AvgIpc) is 2.39. The third kappa shape index (κ3) is 3.76. The molecule has 0 heterocycles. The molecule has 0 bridgehead atoms. The molecule has 0 aromatic heterocycles. The molecule has 0 radical (unpaired) electrons. The molecule has 0 aliphatic rings. The predicted octanol–water partition coefficient (Wildman–Crippen LogP) is 3.17. The van der Waals surface area contributed by atoms with E-state index in [0.717, 1.165) is 16.1 Å². The Morgan fingerprint density at radius 1 is 1.21 bits per heavy atom. The van der Waals surface area contributed by atoms with Crippen LogP contribution in [0.25, 0.3) is 0 Å². The molecule has 0 atom stereocenters. The summed E-state index contributed by atoms with van der Waals surface area (Å²) >= 11 is 1.65. The molecule has 0 spiro atoms. The largest absolute Gasteiger partial charge is 0.399 e. The van der Waals surface area contributed by atoms with Gasteiger partial charge in [0.25, 0.3) is 0 Å². The normalized spacial score (nSPS) is 10.2. The van der Waals surface area contributed by atoms with E-state index in [1.54, 1.807) is 23.9 Å². The minimum Gasteiger partial charge on any atom is -0.399 e. The maximum absolute atomic E-state index is 12.0. The molecule has 0 saturated carbocycles. The van der Waals surface area contributed by atoms with Gasteiger partial charge in [0.2, 0.25) is 5.91 Å². The van der Waals surface area contributed by atoms with Gasteiger partial charge in [-0.15, -0.1) is 11.8 Å². The molecule has 3 N–H and O–H groups in total. The maximum atomic E-state index is 12.0. The van der Waals surface area contributed by atoms with Gasteiger partial charge in [-0.25, -0.2) is 0 Å². The van der Waals surface area contributed by atoms with E-state index in [1.165, 1.54) is 0 Å². The number of hydrogen-bond donors (Lipinski definition) is 2. The third-order valence-corrected chi connectivity index (χ3v) is 3.55. The first-order valence-electron chi connectivity index (χ1n) is 5.96. The monoisotopic (exact) mass is 272 g/mol. The highest BCUT2D eigenvalue weighted by Gasteiger charge is 2.07. The standard InChI is InChI=1S/C15H16N2OS/c1-19-14-8-3-2-5-11(14)9-15(18)17-13-7-4-6-12(16)10-13/h2-8,10H,9,16H2,1H3,(H,17,18). The smallest absolute Gasteiger partial charge is 0.228 e. The number of carbonyl (C=O) groups is 1. The van der Waals surface area contributed by atoms with Gasteiger partial charge in [-0.1, -0.05) is 24.3 Å². The van der Waals surface area contributed by atoms with Crippen LogP contribution in [0.5, 0.6) is 0 Å². The zero-order chi connectivity index (χ0) is 13.7. The van der Waals surface area contributed by atoms with Crippen LogP contribution in [-0.4, -0.2) is 12.2 Å². The lowest BCUT2D eigenvalue weighted by Crippen LogP contribution is -2.14. The lowest BCUT2D eigenvalue weighted by atomic mass is 10.1. The van der Waals surface area contributed by atoms with Crippen LogP contribution in [0.2, 0.25) is 0 Å². The van der Waals surface area contributed by atoms with Crippen LogP contribution in [0.15, 0.2) is 53.4 Å². The molecule has 2 aromatic carbocycles. The number of rotatable bonds is 4. The van der Waals surface area contributed by atoms with Crippen molar-refractivity contribution < 1.29 is 4.79 Å². The molecule has 2 aromatic rings. The van der Waals surface area contributed by atoms with Gasteiger partial charge in [-0.05, 0) is 36.1 Å². The highest BCUT2D eigenvalue weighted by Crippen LogP contribution is 2.21. The lowest BCUT2D eigenvalue weighted by molar-refractivity contribution is -0.115. The second kappa shape index (κ2) is 6.29. The summed E-state index contributed by atoms with van der Waals surface area (Å²) in [6, 6.07) is 15.1. The fraction of sp³-hybridized carbons (Fsp3) is 0.133. The Morgan fingerprint density at radius 2 is 2.00 bits per heavy atom. The zero-order valence-corrected chi connectivity index (χ0v) is 11.5. The lowest BCUT2D eigenvalue weighted by Gasteiger charge is -2.08. The van der Waals surface area contributed by atoms with Gasteiger partial charge in [0.05, 0.1) is 6.42 Å². The van der Waals surface area contributed by atoms with E-state index < -0.39 is 0 Å². The van der Waals surface area contributed by atoms with Crippen molar-refractivity contribution >= 4 is 29.0 Å². The summed E-state index contributed by atoms with van der Waals surface area (Å²) in [5.41, 5.74) is 8.09. The number of carbonyl (C=O) groups excluding carboxylic acids is 1. The summed E-state index contributed by atoms with van der Waals surface area (Å²) in [6.07, 6.45) is 2.38. The quantitative estimate of drug-likeness (QED) is 0.664. The molecule has 3 nitrogen and oxygen atoms in total. The number of anilines is 2. The van der Waals surface area contributed by atoms with Crippen LogP contribution in [0.3, 0.4) is 0 Å². The number of nitrogens with one attached hydrogen (secondary N) is 1. The van der Waals surface area contributed by atoms with Crippen LogP contribution < -0.4 is 11.1 Å². The molecule has 2 rings (SSSR count). The molecule has 98 valence electrons. The van der Waals surface area contributed by atoms with Crippen molar-refractivity contribution in [2.45, 2.75) is 11.3 Å². The molecule has 4 heteroatoms. The van der Waals surface area contributed by atoms with E-state index in [9.17, 15) is 4.79 Å². The Bertz CT molecular complexity index is 584. The van der Waals surface area contributed by atoms with Crippen molar-refractivity contribution in [3.8, 4) is 0 Å². The topological polar surface area (TPSA) is 55.1 Å². The summed E-state index contributed by atoms with van der Waals surface area (Å²) in [6.45, 7) is 0. The van der Waals surface area contributed by atoms with Crippen molar-refractivity contribution in [3.63, 3.8) is 0 Å². The van der Waals surface area contributed by atoms with Gasteiger partial charge in [0, 0.05) is 16.3 Å². The highest BCUT2D eigenvalue weighted by molar-refractivity contribution is 7.98. The average molecular weight is 272 g/mol. The van der Waals surface area contributed by atoms with E-state index in [2.05, 4.69) is 5.32 Å². The molecule has 0 unspecified atom stereocenters. The third-order valence-electron chi connectivity index (χ3n) is 2.71. The first-order valence-corrected chi connectivity index (χ1v) is 7.19. The summed E-state index contributed by atoms with van der Waals surface area (Å²) in [7, 11) is 0. The van der Waals surface area contributed by atoms with E-state index in [1.807, 2.05) is 42.7 Å². The number of thioether (sulfide) groups is 1. The van der Waals surface area contributed by atoms with Gasteiger partial charge in [0.1, 0.15) is 0 Å². The van der Waals surface area contributed by atoms with E-state index in [0.29, 0.717) is 12.1 Å². The Balaban J connectivity index is 2.05.